The Labute approximate surface area is 177 Å². The van der Waals surface area contributed by atoms with Gasteiger partial charge in [0.15, 0.2) is 0 Å². The van der Waals surface area contributed by atoms with Crippen LogP contribution in [0.3, 0.4) is 0 Å². The van der Waals surface area contributed by atoms with Crippen LogP contribution in [0.1, 0.15) is 49.0 Å². The molecule has 9 heteroatoms. The number of aliphatic hydroxyl groups is 1. The van der Waals surface area contributed by atoms with Crippen LogP contribution in [0.4, 0.5) is 14.7 Å². The lowest BCUT2D eigenvalue weighted by Crippen LogP contribution is -2.29. The quantitative estimate of drug-likeness (QED) is 0.594. The molecule has 1 aliphatic rings. The third kappa shape index (κ3) is 4.84. The predicted octanol–water partition coefficient (Wildman–Crippen LogP) is 4.51. The SMILES string of the molecule is COc1ccc2nc(Cc3cc(C(C)(F)F)nc(NC4CCC(O)CC4)n3)sc2c1. The molecule has 0 saturated heterocycles. The first-order chi connectivity index (χ1) is 14.3. The molecular weight excluding hydrogens is 410 g/mol. The summed E-state index contributed by atoms with van der Waals surface area (Å²) in [5.41, 5.74) is 1.02. The molecular formula is C21H24F2N4O2S. The number of alkyl halides is 2. The Hall–Kier alpha value is -2.39. The second-order valence-corrected chi connectivity index (χ2v) is 8.84. The summed E-state index contributed by atoms with van der Waals surface area (Å²) in [5.74, 6) is -2.12. The lowest BCUT2D eigenvalue weighted by Gasteiger charge is -2.26. The topological polar surface area (TPSA) is 80.2 Å². The van der Waals surface area contributed by atoms with E-state index in [1.807, 2.05) is 18.2 Å². The molecule has 0 aliphatic heterocycles. The van der Waals surface area contributed by atoms with Crippen LogP contribution in [-0.4, -0.2) is 39.3 Å². The minimum absolute atomic E-state index is 0.0666. The van der Waals surface area contributed by atoms with Crippen molar-refractivity contribution in [2.75, 3.05) is 12.4 Å². The van der Waals surface area contributed by atoms with E-state index in [0.29, 0.717) is 25.0 Å². The first-order valence-corrected chi connectivity index (χ1v) is 10.8. The van der Waals surface area contributed by atoms with Crippen molar-refractivity contribution in [2.45, 2.75) is 57.1 Å². The maximum atomic E-state index is 14.1. The fourth-order valence-corrected chi connectivity index (χ4v) is 4.60. The minimum atomic E-state index is -3.07. The van der Waals surface area contributed by atoms with Gasteiger partial charge in [0.1, 0.15) is 11.4 Å². The zero-order valence-electron chi connectivity index (χ0n) is 16.9. The van der Waals surface area contributed by atoms with E-state index in [9.17, 15) is 13.9 Å². The van der Waals surface area contributed by atoms with Gasteiger partial charge in [-0.3, -0.25) is 0 Å². The molecule has 0 radical (unpaired) electrons. The van der Waals surface area contributed by atoms with E-state index in [2.05, 4.69) is 20.3 Å². The fraction of sp³-hybridized carbons (Fsp3) is 0.476. The van der Waals surface area contributed by atoms with E-state index < -0.39 is 5.92 Å². The van der Waals surface area contributed by atoms with E-state index in [-0.39, 0.29) is 23.8 Å². The number of hydrogen-bond acceptors (Lipinski definition) is 7. The smallest absolute Gasteiger partial charge is 0.287 e. The maximum Gasteiger partial charge on any atom is 0.287 e. The Morgan fingerprint density at radius 2 is 1.93 bits per heavy atom. The molecule has 0 unspecified atom stereocenters. The lowest BCUT2D eigenvalue weighted by molar-refractivity contribution is 0.0126. The third-order valence-corrected chi connectivity index (χ3v) is 6.25. The largest absolute Gasteiger partial charge is 0.497 e. The van der Waals surface area contributed by atoms with Crippen molar-refractivity contribution in [3.05, 3.63) is 40.7 Å². The van der Waals surface area contributed by atoms with Crippen molar-refractivity contribution < 1.29 is 18.6 Å². The average Bonchev–Trinajstić information content (AvgIpc) is 3.10. The molecule has 2 heterocycles. The van der Waals surface area contributed by atoms with E-state index in [4.69, 9.17) is 4.74 Å². The standard InChI is InChI=1S/C21H24F2N4O2S/c1-21(22,23)18-9-13(25-20(27-18)24-12-3-5-14(28)6-4-12)10-19-26-16-8-7-15(29-2)11-17(16)30-19/h7-9,11-12,14,28H,3-6,10H2,1-2H3,(H,24,25,27). The third-order valence-electron chi connectivity index (χ3n) is 5.23. The number of anilines is 1. The normalized spacial score (nSPS) is 19.8. The number of rotatable bonds is 6. The zero-order valence-corrected chi connectivity index (χ0v) is 17.7. The lowest BCUT2D eigenvalue weighted by atomic mass is 9.93. The number of fused-ring (bicyclic) bond motifs is 1. The molecule has 1 saturated carbocycles. The summed E-state index contributed by atoms with van der Waals surface area (Å²) in [6.07, 6.45) is 2.93. The summed E-state index contributed by atoms with van der Waals surface area (Å²) in [6, 6.07) is 7.05. The molecule has 1 aliphatic carbocycles. The highest BCUT2D eigenvalue weighted by atomic mass is 32.1. The molecule has 6 nitrogen and oxygen atoms in total. The summed E-state index contributed by atoms with van der Waals surface area (Å²) in [5, 5.41) is 13.6. The molecule has 0 spiro atoms. The summed E-state index contributed by atoms with van der Waals surface area (Å²) in [7, 11) is 1.61. The first-order valence-electron chi connectivity index (χ1n) is 9.94. The molecule has 0 atom stereocenters. The van der Waals surface area contributed by atoms with Crippen LogP contribution < -0.4 is 10.1 Å². The molecule has 30 heavy (non-hydrogen) atoms. The molecule has 2 aromatic heterocycles. The predicted molar refractivity (Wildman–Crippen MR) is 112 cm³/mol. The van der Waals surface area contributed by atoms with Gasteiger partial charge in [-0.2, -0.15) is 8.78 Å². The molecule has 4 rings (SSSR count). The van der Waals surface area contributed by atoms with Crippen LogP contribution in [0, 0.1) is 0 Å². The first kappa shape index (κ1) is 20.9. The van der Waals surface area contributed by atoms with Gasteiger partial charge >= 0.3 is 0 Å². The number of benzene rings is 1. The van der Waals surface area contributed by atoms with E-state index >= 15 is 0 Å². The van der Waals surface area contributed by atoms with Crippen molar-refractivity contribution in [2.24, 2.45) is 0 Å². The fourth-order valence-electron chi connectivity index (χ4n) is 3.59. The van der Waals surface area contributed by atoms with E-state index in [0.717, 1.165) is 40.7 Å². The van der Waals surface area contributed by atoms with Gasteiger partial charge in [-0.25, -0.2) is 15.0 Å². The summed E-state index contributed by atoms with van der Waals surface area (Å²) >= 11 is 1.49. The van der Waals surface area contributed by atoms with Crippen LogP contribution in [0.5, 0.6) is 5.75 Å². The van der Waals surface area contributed by atoms with E-state index in [1.165, 1.54) is 17.4 Å². The Balaban J connectivity index is 1.60. The zero-order chi connectivity index (χ0) is 21.3. The Kier molecular flexibility index (Phi) is 5.84. The van der Waals surface area contributed by atoms with Gasteiger partial charge in [-0.05, 0) is 49.9 Å². The number of aliphatic hydroxyl groups excluding tert-OH is 1. The number of thiazole rings is 1. The van der Waals surface area contributed by atoms with Crippen molar-refractivity contribution in [1.82, 2.24) is 15.0 Å². The van der Waals surface area contributed by atoms with Crippen molar-refractivity contribution >= 4 is 27.5 Å². The number of aromatic nitrogens is 3. The monoisotopic (exact) mass is 434 g/mol. The highest BCUT2D eigenvalue weighted by molar-refractivity contribution is 7.18. The van der Waals surface area contributed by atoms with E-state index in [1.54, 1.807) is 7.11 Å². The number of methoxy groups -OCH3 is 1. The van der Waals surface area contributed by atoms with Crippen LogP contribution in [0.2, 0.25) is 0 Å². The summed E-state index contributed by atoms with van der Waals surface area (Å²) in [6.45, 7) is 0.837. The molecule has 3 aromatic rings. The minimum Gasteiger partial charge on any atom is -0.497 e. The summed E-state index contributed by atoms with van der Waals surface area (Å²) in [4.78, 5) is 13.1. The number of ether oxygens (including phenoxy) is 1. The van der Waals surface area contributed by atoms with Gasteiger partial charge in [-0.1, -0.05) is 0 Å². The number of halogens is 2. The Morgan fingerprint density at radius 3 is 2.63 bits per heavy atom. The average molecular weight is 435 g/mol. The molecule has 0 bridgehead atoms. The summed E-state index contributed by atoms with van der Waals surface area (Å²) < 4.78 is 34.3. The molecule has 160 valence electrons. The maximum absolute atomic E-state index is 14.1. The number of hydrogen-bond donors (Lipinski definition) is 2. The molecule has 1 aromatic carbocycles. The van der Waals surface area contributed by atoms with Gasteiger partial charge in [0.2, 0.25) is 5.95 Å². The van der Waals surface area contributed by atoms with Gasteiger partial charge in [0.05, 0.1) is 34.1 Å². The molecule has 2 N–H and O–H groups in total. The van der Waals surface area contributed by atoms with Gasteiger partial charge < -0.3 is 15.2 Å². The molecule has 1 fully saturated rings. The number of nitrogens with zero attached hydrogens (tertiary/aromatic N) is 3. The van der Waals surface area contributed by atoms with Crippen molar-refractivity contribution in [3.63, 3.8) is 0 Å². The van der Waals surface area contributed by atoms with Crippen LogP contribution in [0.15, 0.2) is 24.3 Å². The van der Waals surface area contributed by atoms with Crippen LogP contribution >= 0.6 is 11.3 Å². The van der Waals surface area contributed by atoms with Crippen molar-refractivity contribution in [1.29, 1.82) is 0 Å². The second kappa shape index (κ2) is 8.39. The highest BCUT2D eigenvalue weighted by Crippen LogP contribution is 2.30. The van der Waals surface area contributed by atoms with Crippen molar-refractivity contribution in [3.8, 4) is 5.75 Å². The van der Waals surface area contributed by atoms with Crippen LogP contribution in [0.25, 0.3) is 10.2 Å². The molecule has 0 amide bonds. The highest BCUT2D eigenvalue weighted by Gasteiger charge is 2.29. The Morgan fingerprint density at radius 1 is 1.17 bits per heavy atom. The van der Waals surface area contributed by atoms with Gasteiger partial charge in [-0.15, -0.1) is 11.3 Å². The van der Waals surface area contributed by atoms with Gasteiger partial charge in [0.25, 0.3) is 5.92 Å². The van der Waals surface area contributed by atoms with Gasteiger partial charge in [0, 0.05) is 19.4 Å². The Bertz CT molecular complexity index is 1030. The number of nitrogens with one attached hydrogen (secondary N) is 1. The van der Waals surface area contributed by atoms with Crippen LogP contribution in [-0.2, 0) is 12.3 Å². The second-order valence-electron chi connectivity index (χ2n) is 7.72.